The van der Waals surface area contributed by atoms with Gasteiger partial charge in [0.25, 0.3) is 0 Å². The van der Waals surface area contributed by atoms with Crippen LogP contribution in [0, 0.1) is 5.82 Å². The van der Waals surface area contributed by atoms with Crippen molar-refractivity contribution in [1.82, 2.24) is 4.57 Å². The Labute approximate surface area is 145 Å². The zero-order chi connectivity index (χ0) is 16.7. The van der Waals surface area contributed by atoms with E-state index in [0.717, 1.165) is 5.56 Å². The van der Waals surface area contributed by atoms with E-state index >= 15 is 0 Å². The van der Waals surface area contributed by atoms with Crippen molar-refractivity contribution in [2.45, 2.75) is 6.54 Å². The number of benzene rings is 2. The first-order valence-corrected chi connectivity index (χ1v) is 7.66. The number of nitrogens with zero attached hydrogens (tertiary/aromatic N) is 1. The molecular weight excluding hydrogens is 364 g/mol. The highest BCUT2D eigenvalue weighted by molar-refractivity contribution is 6.42. The fourth-order valence-electron chi connectivity index (χ4n) is 2.48. The minimum Gasteiger partial charge on any atom is -0.477 e. The van der Waals surface area contributed by atoms with Crippen molar-refractivity contribution in [2.24, 2.45) is 0 Å². The number of halogens is 4. The van der Waals surface area contributed by atoms with Crippen molar-refractivity contribution in [3.05, 3.63) is 68.5 Å². The van der Waals surface area contributed by atoms with Gasteiger partial charge in [0.1, 0.15) is 11.5 Å². The van der Waals surface area contributed by atoms with Crippen molar-refractivity contribution in [3.63, 3.8) is 0 Å². The number of carbonyl (C=O) groups is 1. The number of aromatic nitrogens is 1. The van der Waals surface area contributed by atoms with E-state index in [1.807, 2.05) is 0 Å². The zero-order valence-electron chi connectivity index (χ0n) is 11.5. The quantitative estimate of drug-likeness (QED) is 0.661. The number of hydrogen-bond donors (Lipinski definition) is 1. The molecule has 0 saturated carbocycles. The van der Waals surface area contributed by atoms with Gasteiger partial charge in [0.2, 0.25) is 0 Å². The van der Waals surface area contributed by atoms with Gasteiger partial charge >= 0.3 is 5.97 Å². The molecule has 0 saturated heterocycles. The standard InChI is InChI=1S/C16H9Cl3FNO2/c17-11-3-1-8(5-12(11)18)7-21-13-4-2-9(20)6-10(13)14(19)15(21)16(22)23/h1-6H,7H2,(H,22,23). The Morgan fingerprint density at radius 2 is 1.83 bits per heavy atom. The molecule has 0 bridgehead atoms. The Balaban J connectivity index is 2.20. The molecule has 3 rings (SSSR count). The van der Waals surface area contributed by atoms with Crippen LogP contribution in [0.2, 0.25) is 15.1 Å². The summed E-state index contributed by atoms with van der Waals surface area (Å²) in [7, 11) is 0. The van der Waals surface area contributed by atoms with E-state index in [1.165, 1.54) is 22.8 Å². The lowest BCUT2D eigenvalue weighted by Gasteiger charge is -2.09. The topological polar surface area (TPSA) is 42.2 Å². The second-order valence-electron chi connectivity index (χ2n) is 4.96. The molecule has 118 valence electrons. The summed E-state index contributed by atoms with van der Waals surface area (Å²) in [5.74, 6) is -1.67. The summed E-state index contributed by atoms with van der Waals surface area (Å²) in [5, 5.41) is 10.6. The highest BCUT2D eigenvalue weighted by Crippen LogP contribution is 2.32. The third-order valence-electron chi connectivity index (χ3n) is 3.49. The molecule has 0 radical (unpaired) electrons. The Morgan fingerprint density at radius 3 is 2.48 bits per heavy atom. The van der Waals surface area contributed by atoms with Crippen molar-refractivity contribution in [3.8, 4) is 0 Å². The van der Waals surface area contributed by atoms with Crippen LogP contribution in [0.1, 0.15) is 16.1 Å². The van der Waals surface area contributed by atoms with Gasteiger partial charge < -0.3 is 9.67 Å². The fraction of sp³-hybridized carbons (Fsp3) is 0.0625. The Morgan fingerprint density at radius 1 is 1.09 bits per heavy atom. The molecule has 0 fully saturated rings. The SMILES string of the molecule is O=C(O)c1c(Cl)c2cc(F)ccc2n1Cc1ccc(Cl)c(Cl)c1. The van der Waals surface area contributed by atoms with Crippen LogP contribution in [0.3, 0.4) is 0 Å². The van der Waals surface area contributed by atoms with Gasteiger partial charge in [-0.05, 0) is 35.9 Å². The summed E-state index contributed by atoms with van der Waals surface area (Å²) in [4.78, 5) is 11.6. The summed E-state index contributed by atoms with van der Waals surface area (Å²) in [6, 6.07) is 9.00. The molecule has 2 aromatic carbocycles. The number of fused-ring (bicyclic) bond motifs is 1. The predicted octanol–water partition coefficient (Wildman–Crippen LogP) is 5.49. The highest BCUT2D eigenvalue weighted by atomic mass is 35.5. The molecule has 0 unspecified atom stereocenters. The minimum atomic E-state index is -1.19. The first kappa shape index (κ1) is 16.1. The van der Waals surface area contributed by atoms with Gasteiger partial charge in [0.15, 0.2) is 0 Å². The van der Waals surface area contributed by atoms with Gasteiger partial charge in [-0.1, -0.05) is 40.9 Å². The van der Waals surface area contributed by atoms with E-state index in [4.69, 9.17) is 34.8 Å². The molecular formula is C16H9Cl3FNO2. The normalized spacial score (nSPS) is 11.1. The molecule has 0 aliphatic heterocycles. The van der Waals surface area contributed by atoms with Crippen LogP contribution in [-0.4, -0.2) is 15.6 Å². The number of carboxylic acids is 1. The lowest BCUT2D eigenvalue weighted by molar-refractivity contribution is 0.0686. The summed E-state index contributed by atoms with van der Waals surface area (Å²) in [5.41, 5.74) is 1.18. The van der Waals surface area contributed by atoms with Gasteiger partial charge in [-0.25, -0.2) is 9.18 Å². The highest BCUT2D eigenvalue weighted by Gasteiger charge is 2.21. The summed E-state index contributed by atoms with van der Waals surface area (Å²) in [6.07, 6.45) is 0. The summed E-state index contributed by atoms with van der Waals surface area (Å²) < 4.78 is 14.9. The molecule has 0 aliphatic rings. The Bertz CT molecular complexity index is 937. The largest absolute Gasteiger partial charge is 0.477 e. The monoisotopic (exact) mass is 371 g/mol. The first-order valence-electron chi connectivity index (χ1n) is 6.53. The molecule has 7 heteroatoms. The van der Waals surface area contributed by atoms with E-state index in [1.54, 1.807) is 18.2 Å². The van der Waals surface area contributed by atoms with Crippen LogP contribution in [0.4, 0.5) is 4.39 Å². The molecule has 1 aromatic heterocycles. The molecule has 3 aromatic rings. The molecule has 1 heterocycles. The lowest BCUT2D eigenvalue weighted by atomic mass is 10.2. The zero-order valence-corrected chi connectivity index (χ0v) is 13.8. The number of aromatic carboxylic acids is 1. The second-order valence-corrected chi connectivity index (χ2v) is 6.16. The van der Waals surface area contributed by atoms with Crippen LogP contribution in [-0.2, 0) is 6.54 Å². The van der Waals surface area contributed by atoms with Crippen molar-refractivity contribution >= 4 is 51.7 Å². The van der Waals surface area contributed by atoms with E-state index in [9.17, 15) is 14.3 Å². The molecule has 0 aliphatic carbocycles. The van der Waals surface area contributed by atoms with Crippen LogP contribution in [0.5, 0.6) is 0 Å². The van der Waals surface area contributed by atoms with E-state index in [2.05, 4.69) is 0 Å². The second kappa shape index (κ2) is 6.04. The minimum absolute atomic E-state index is 0.00654. The third-order valence-corrected chi connectivity index (χ3v) is 4.61. The molecule has 0 amide bonds. The Hall–Kier alpha value is -1.75. The van der Waals surface area contributed by atoms with Gasteiger partial charge in [-0.2, -0.15) is 0 Å². The summed E-state index contributed by atoms with van der Waals surface area (Å²) in [6.45, 7) is 0.216. The summed E-state index contributed by atoms with van der Waals surface area (Å²) >= 11 is 18.0. The number of rotatable bonds is 3. The maximum atomic E-state index is 13.4. The Kier molecular flexibility index (Phi) is 4.23. The maximum absolute atomic E-state index is 13.4. The van der Waals surface area contributed by atoms with Crippen molar-refractivity contribution in [2.75, 3.05) is 0 Å². The van der Waals surface area contributed by atoms with Crippen LogP contribution in [0.15, 0.2) is 36.4 Å². The van der Waals surface area contributed by atoms with Gasteiger partial charge in [-0.15, -0.1) is 0 Å². The predicted molar refractivity (Wildman–Crippen MR) is 89.4 cm³/mol. The average molecular weight is 373 g/mol. The van der Waals surface area contributed by atoms with E-state index in [-0.39, 0.29) is 17.3 Å². The fourth-order valence-corrected chi connectivity index (χ4v) is 3.13. The average Bonchev–Trinajstić information content (AvgIpc) is 2.75. The van der Waals surface area contributed by atoms with Gasteiger partial charge in [-0.3, -0.25) is 0 Å². The molecule has 3 nitrogen and oxygen atoms in total. The van der Waals surface area contributed by atoms with Crippen molar-refractivity contribution in [1.29, 1.82) is 0 Å². The maximum Gasteiger partial charge on any atom is 0.354 e. The number of hydrogen-bond acceptors (Lipinski definition) is 1. The van der Waals surface area contributed by atoms with Gasteiger partial charge in [0, 0.05) is 11.9 Å². The molecule has 1 N–H and O–H groups in total. The molecule has 23 heavy (non-hydrogen) atoms. The van der Waals surface area contributed by atoms with Crippen LogP contribution in [0.25, 0.3) is 10.9 Å². The van der Waals surface area contributed by atoms with E-state index in [0.29, 0.717) is 20.9 Å². The van der Waals surface area contributed by atoms with Crippen molar-refractivity contribution < 1.29 is 14.3 Å². The molecule has 0 spiro atoms. The third kappa shape index (κ3) is 2.90. The van der Waals surface area contributed by atoms with Crippen LogP contribution >= 0.6 is 34.8 Å². The van der Waals surface area contributed by atoms with E-state index < -0.39 is 11.8 Å². The molecule has 0 atom stereocenters. The van der Waals surface area contributed by atoms with Gasteiger partial charge in [0.05, 0.1) is 20.6 Å². The smallest absolute Gasteiger partial charge is 0.354 e. The number of carboxylic acid groups (broad SMARTS) is 1. The first-order chi connectivity index (χ1) is 10.9. The lowest BCUT2D eigenvalue weighted by Crippen LogP contribution is -2.10. The van der Waals surface area contributed by atoms with Crippen LogP contribution < -0.4 is 0 Å².